The zero-order valence-electron chi connectivity index (χ0n) is 13.9. The molecule has 0 radical (unpaired) electrons. The van der Waals surface area contributed by atoms with Gasteiger partial charge in [0.05, 0.1) is 0 Å². The van der Waals surface area contributed by atoms with E-state index < -0.39 is 0 Å². The molecule has 3 rings (SSSR count). The lowest BCUT2D eigenvalue weighted by Crippen LogP contribution is -2.27. The van der Waals surface area contributed by atoms with E-state index >= 15 is 0 Å². The highest BCUT2D eigenvalue weighted by Gasteiger charge is 2.12. The van der Waals surface area contributed by atoms with Gasteiger partial charge in [-0.1, -0.05) is 74.7 Å². The molecular weight excluding hydrogens is 264 g/mol. The van der Waals surface area contributed by atoms with Crippen molar-refractivity contribution in [1.29, 1.82) is 0 Å². The molecule has 0 N–H and O–H groups in total. The van der Waals surface area contributed by atoms with Crippen LogP contribution in [0.5, 0.6) is 0 Å². The van der Waals surface area contributed by atoms with Gasteiger partial charge in [0.15, 0.2) is 0 Å². The molecule has 0 unspecified atom stereocenters. The van der Waals surface area contributed by atoms with Crippen LogP contribution in [0.2, 0.25) is 0 Å². The molecule has 0 atom stereocenters. The van der Waals surface area contributed by atoms with Gasteiger partial charge in [0.2, 0.25) is 0 Å². The van der Waals surface area contributed by atoms with E-state index in [4.69, 9.17) is 0 Å². The summed E-state index contributed by atoms with van der Waals surface area (Å²) in [5.41, 5.74) is 5.84. The lowest BCUT2D eigenvalue weighted by Gasteiger charge is -2.08. The maximum Gasteiger partial charge on any atom is -0.00992 e. The summed E-state index contributed by atoms with van der Waals surface area (Å²) in [5.74, 6) is 0. The Hall–Kier alpha value is -1.82. The van der Waals surface area contributed by atoms with E-state index in [1.165, 1.54) is 65.7 Å². The first kappa shape index (κ1) is 15.1. The number of rotatable bonds is 6. The standard InChI is InChI=1S/C22H26/c1-3-5-10-17(11-6-4-2)19-14-9-15-21-20-13-8-7-12-18(20)16-22(19)21/h7-9,12-16H,3-6,10-11H2,1-2H3. The molecule has 0 heterocycles. The zero-order chi connectivity index (χ0) is 15.4. The van der Waals surface area contributed by atoms with E-state index in [2.05, 4.69) is 62.4 Å². The first-order valence-corrected chi connectivity index (χ1v) is 8.77. The lowest BCUT2D eigenvalue weighted by molar-refractivity contribution is 0.762. The molecule has 0 nitrogen and oxygen atoms in total. The highest BCUT2D eigenvalue weighted by Crippen LogP contribution is 2.25. The Labute approximate surface area is 134 Å². The SMILES string of the molecule is CCCCC(CCCC)=c1cccc2c1=Cc1ccccc1-2. The van der Waals surface area contributed by atoms with Crippen LogP contribution in [0.4, 0.5) is 0 Å². The van der Waals surface area contributed by atoms with Crippen LogP contribution >= 0.6 is 0 Å². The summed E-state index contributed by atoms with van der Waals surface area (Å²) < 4.78 is 0. The summed E-state index contributed by atoms with van der Waals surface area (Å²) >= 11 is 0. The van der Waals surface area contributed by atoms with Crippen LogP contribution in [0.3, 0.4) is 0 Å². The minimum Gasteiger partial charge on any atom is -0.0654 e. The predicted octanol–water partition coefficient (Wildman–Crippen LogP) is 5.03. The molecule has 0 aliphatic heterocycles. The van der Waals surface area contributed by atoms with E-state index in [0.29, 0.717) is 0 Å². The van der Waals surface area contributed by atoms with Crippen molar-refractivity contribution in [2.45, 2.75) is 52.4 Å². The predicted molar refractivity (Wildman–Crippen MR) is 97.2 cm³/mol. The number of hydrogen-bond acceptors (Lipinski definition) is 0. The third kappa shape index (κ3) is 2.88. The van der Waals surface area contributed by atoms with Gasteiger partial charge < -0.3 is 0 Å². The fraction of sp³-hybridized carbons (Fsp3) is 0.364. The zero-order valence-corrected chi connectivity index (χ0v) is 13.9. The maximum atomic E-state index is 2.39. The molecule has 0 aromatic heterocycles. The summed E-state index contributed by atoms with van der Waals surface area (Å²) in [6, 6.07) is 15.6. The molecule has 0 saturated heterocycles. The van der Waals surface area contributed by atoms with Crippen LogP contribution < -0.4 is 10.4 Å². The Morgan fingerprint density at radius 3 is 2.18 bits per heavy atom. The Morgan fingerprint density at radius 2 is 1.45 bits per heavy atom. The van der Waals surface area contributed by atoms with Gasteiger partial charge in [-0.2, -0.15) is 0 Å². The Bertz CT molecular complexity index is 755. The summed E-state index contributed by atoms with van der Waals surface area (Å²) in [7, 11) is 0. The van der Waals surface area contributed by atoms with Gasteiger partial charge in [-0.05, 0) is 58.9 Å². The highest BCUT2D eigenvalue weighted by molar-refractivity contribution is 5.83. The quantitative estimate of drug-likeness (QED) is 0.597. The van der Waals surface area contributed by atoms with Crippen LogP contribution in [0, 0.1) is 0 Å². The van der Waals surface area contributed by atoms with E-state index in [-0.39, 0.29) is 0 Å². The minimum atomic E-state index is 1.25. The fourth-order valence-corrected chi connectivity index (χ4v) is 3.46. The van der Waals surface area contributed by atoms with Crippen LogP contribution in [-0.2, 0) is 0 Å². The number of hydrogen-bond donors (Lipinski definition) is 0. The second-order valence-corrected chi connectivity index (χ2v) is 6.31. The smallest absolute Gasteiger partial charge is 0.00992 e. The maximum absolute atomic E-state index is 2.39. The summed E-state index contributed by atoms with van der Waals surface area (Å²) in [5, 5.41) is 2.95. The molecular formula is C22H26. The van der Waals surface area contributed by atoms with Crippen LogP contribution in [0.15, 0.2) is 42.5 Å². The van der Waals surface area contributed by atoms with Crippen LogP contribution in [-0.4, -0.2) is 0 Å². The van der Waals surface area contributed by atoms with Gasteiger partial charge >= 0.3 is 0 Å². The largest absolute Gasteiger partial charge is 0.0654 e. The van der Waals surface area contributed by atoms with Crippen molar-refractivity contribution in [2.75, 3.05) is 0 Å². The average molecular weight is 290 g/mol. The first-order valence-electron chi connectivity index (χ1n) is 8.77. The Kier molecular flexibility index (Phi) is 4.77. The Morgan fingerprint density at radius 1 is 0.773 bits per heavy atom. The lowest BCUT2D eigenvalue weighted by atomic mass is 9.97. The molecule has 2 aromatic carbocycles. The molecule has 0 heteroatoms. The van der Waals surface area contributed by atoms with Crippen molar-refractivity contribution >= 4 is 11.6 Å². The summed E-state index contributed by atoms with van der Waals surface area (Å²) in [6.45, 7) is 4.57. The molecule has 0 saturated carbocycles. The van der Waals surface area contributed by atoms with Crippen molar-refractivity contribution < 1.29 is 0 Å². The fourth-order valence-electron chi connectivity index (χ4n) is 3.46. The molecule has 0 fully saturated rings. The topological polar surface area (TPSA) is 0 Å². The van der Waals surface area contributed by atoms with Gasteiger partial charge in [-0.25, -0.2) is 0 Å². The third-order valence-electron chi connectivity index (χ3n) is 4.70. The molecule has 2 aromatic rings. The molecule has 114 valence electrons. The second kappa shape index (κ2) is 6.96. The molecule has 0 amide bonds. The van der Waals surface area contributed by atoms with Crippen molar-refractivity contribution in [2.24, 2.45) is 0 Å². The first-order chi connectivity index (χ1) is 10.8. The monoisotopic (exact) mass is 290 g/mol. The van der Waals surface area contributed by atoms with E-state index in [9.17, 15) is 0 Å². The normalized spacial score (nSPS) is 11.7. The number of unbranched alkanes of at least 4 members (excludes halogenated alkanes) is 2. The second-order valence-electron chi connectivity index (χ2n) is 6.31. The molecule has 1 aliphatic carbocycles. The highest BCUT2D eigenvalue weighted by atomic mass is 14.2. The van der Waals surface area contributed by atoms with Crippen molar-refractivity contribution in [3.05, 3.63) is 58.5 Å². The van der Waals surface area contributed by atoms with Crippen molar-refractivity contribution in [3.8, 4) is 11.1 Å². The van der Waals surface area contributed by atoms with Crippen molar-refractivity contribution in [1.82, 2.24) is 0 Å². The van der Waals surface area contributed by atoms with Gasteiger partial charge in [0.1, 0.15) is 0 Å². The summed E-state index contributed by atoms with van der Waals surface area (Å²) in [4.78, 5) is 0. The number of fused-ring (bicyclic) bond motifs is 3. The van der Waals surface area contributed by atoms with E-state index in [1.807, 2.05) is 0 Å². The number of benzene rings is 2. The van der Waals surface area contributed by atoms with Gasteiger partial charge in [-0.15, -0.1) is 0 Å². The van der Waals surface area contributed by atoms with Crippen LogP contribution in [0.1, 0.15) is 57.9 Å². The van der Waals surface area contributed by atoms with Crippen molar-refractivity contribution in [3.63, 3.8) is 0 Å². The third-order valence-corrected chi connectivity index (χ3v) is 4.70. The summed E-state index contributed by atoms with van der Waals surface area (Å²) in [6.07, 6.45) is 10.0. The molecule has 0 spiro atoms. The minimum absolute atomic E-state index is 1.25. The van der Waals surface area contributed by atoms with Gasteiger partial charge in [-0.3, -0.25) is 0 Å². The molecule has 1 aliphatic rings. The van der Waals surface area contributed by atoms with Crippen LogP contribution in [0.25, 0.3) is 22.8 Å². The van der Waals surface area contributed by atoms with Gasteiger partial charge in [0, 0.05) is 0 Å². The van der Waals surface area contributed by atoms with Gasteiger partial charge in [0.25, 0.3) is 0 Å². The Balaban J connectivity index is 2.16. The molecule has 0 bridgehead atoms. The van der Waals surface area contributed by atoms with E-state index in [0.717, 1.165) is 0 Å². The van der Waals surface area contributed by atoms with E-state index in [1.54, 1.807) is 5.57 Å². The average Bonchev–Trinajstić information content (AvgIpc) is 2.94. The molecule has 22 heavy (non-hydrogen) atoms.